The molecule has 0 aromatic heterocycles. The molecule has 100 valence electrons. The summed E-state index contributed by atoms with van der Waals surface area (Å²) >= 11 is 0. The van der Waals surface area contributed by atoms with Crippen molar-refractivity contribution in [3.63, 3.8) is 0 Å². The summed E-state index contributed by atoms with van der Waals surface area (Å²) in [6, 6.07) is 3.67. The zero-order valence-electron chi connectivity index (χ0n) is 9.84. The van der Waals surface area contributed by atoms with E-state index >= 15 is 0 Å². The van der Waals surface area contributed by atoms with Crippen molar-refractivity contribution in [2.45, 2.75) is 0 Å². The second kappa shape index (κ2) is 5.65. The Labute approximate surface area is 104 Å². The Morgan fingerprint density at radius 1 is 1.44 bits per heavy atom. The van der Waals surface area contributed by atoms with Gasteiger partial charge in [0.05, 0.1) is 16.9 Å². The molecule has 0 bridgehead atoms. The minimum atomic E-state index is -3.54. The number of nitrogens with zero attached hydrogens (tertiary/aromatic N) is 1. The molecule has 0 aliphatic carbocycles. The first-order valence-electron chi connectivity index (χ1n) is 4.87. The predicted molar refractivity (Wildman–Crippen MR) is 66.1 cm³/mol. The number of hydrogen-bond acceptors (Lipinski definition) is 6. The lowest BCUT2D eigenvalue weighted by atomic mass is 10.2. The standard InChI is InChI=1S/C9H13N3O5S/c1-10-6-17-9-4-3-7(12(13)14)5-8(9)11-18(2,15)16/h3-5,10-11H,6H2,1-2H3. The van der Waals surface area contributed by atoms with E-state index < -0.39 is 14.9 Å². The number of rotatable bonds is 6. The van der Waals surface area contributed by atoms with Crippen LogP contribution in [0.15, 0.2) is 18.2 Å². The first-order chi connectivity index (χ1) is 8.33. The van der Waals surface area contributed by atoms with Gasteiger partial charge in [-0.25, -0.2) is 8.42 Å². The van der Waals surface area contributed by atoms with E-state index in [1.54, 1.807) is 7.05 Å². The van der Waals surface area contributed by atoms with Crippen LogP contribution in [-0.4, -0.2) is 33.4 Å². The van der Waals surface area contributed by atoms with Crippen molar-refractivity contribution in [3.05, 3.63) is 28.3 Å². The van der Waals surface area contributed by atoms with Crippen molar-refractivity contribution in [2.75, 3.05) is 24.8 Å². The molecule has 0 saturated carbocycles. The molecule has 0 radical (unpaired) electrons. The Bertz CT molecular complexity index is 543. The van der Waals surface area contributed by atoms with Gasteiger partial charge in [-0.15, -0.1) is 0 Å². The van der Waals surface area contributed by atoms with E-state index in [-0.39, 0.29) is 23.9 Å². The Morgan fingerprint density at radius 2 is 2.11 bits per heavy atom. The van der Waals surface area contributed by atoms with Gasteiger partial charge in [0, 0.05) is 12.1 Å². The monoisotopic (exact) mass is 275 g/mol. The Morgan fingerprint density at radius 3 is 2.61 bits per heavy atom. The smallest absolute Gasteiger partial charge is 0.271 e. The number of nitro groups is 1. The Kier molecular flexibility index (Phi) is 4.45. The number of anilines is 1. The van der Waals surface area contributed by atoms with Crippen molar-refractivity contribution in [1.29, 1.82) is 0 Å². The zero-order valence-corrected chi connectivity index (χ0v) is 10.7. The van der Waals surface area contributed by atoms with Crippen LogP contribution in [0.25, 0.3) is 0 Å². The summed E-state index contributed by atoms with van der Waals surface area (Å²) in [5.74, 6) is 0.209. The third kappa shape index (κ3) is 4.18. The topological polar surface area (TPSA) is 111 Å². The Balaban J connectivity index is 3.13. The molecule has 0 saturated heterocycles. The number of nitrogens with one attached hydrogen (secondary N) is 2. The second-order valence-corrected chi connectivity index (χ2v) is 5.20. The van der Waals surface area contributed by atoms with Crippen LogP contribution < -0.4 is 14.8 Å². The highest BCUT2D eigenvalue weighted by Gasteiger charge is 2.14. The maximum atomic E-state index is 11.2. The number of nitro benzene ring substituents is 1. The molecule has 2 N–H and O–H groups in total. The summed E-state index contributed by atoms with van der Waals surface area (Å²) in [5.41, 5.74) is -0.195. The van der Waals surface area contributed by atoms with Crippen molar-refractivity contribution < 1.29 is 18.1 Å². The van der Waals surface area contributed by atoms with E-state index in [1.165, 1.54) is 12.1 Å². The molecule has 8 nitrogen and oxygen atoms in total. The average Bonchev–Trinajstić information content (AvgIpc) is 2.25. The normalized spacial score (nSPS) is 11.0. The molecule has 0 aliphatic heterocycles. The quantitative estimate of drug-likeness (QED) is 0.445. The van der Waals surface area contributed by atoms with E-state index in [9.17, 15) is 18.5 Å². The van der Waals surface area contributed by atoms with Crippen molar-refractivity contribution in [2.24, 2.45) is 0 Å². The molecule has 1 aromatic carbocycles. The summed E-state index contributed by atoms with van der Waals surface area (Å²) < 4.78 is 29.7. The summed E-state index contributed by atoms with van der Waals surface area (Å²) in [5, 5.41) is 13.3. The van der Waals surface area contributed by atoms with E-state index in [2.05, 4.69) is 10.0 Å². The van der Waals surface area contributed by atoms with Crippen LogP contribution in [0.2, 0.25) is 0 Å². The van der Waals surface area contributed by atoms with Crippen LogP contribution in [0.1, 0.15) is 0 Å². The number of ether oxygens (including phenoxy) is 1. The van der Waals surface area contributed by atoms with Gasteiger partial charge in [-0.3, -0.25) is 20.2 Å². The highest BCUT2D eigenvalue weighted by molar-refractivity contribution is 7.92. The van der Waals surface area contributed by atoms with Gasteiger partial charge >= 0.3 is 0 Å². The van der Waals surface area contributed by atoms with Gasteiger partial charge in [-0.05, 0) is 13.1 Å². The van der Waals surface area contributed by atoms with Gasteiger partial charge in [0.25, 0.3) is 5.69 Å². The van der Waals surface area contributed by atoms with Crippen LogP contribution >= 0.6 is 0 Å². The van der Waals surface area contributed by atoms with Gasteiger partial charge in [0.15, 0.2) is 0 Å². The summed E-state index contributed by atoms with van der Waals surface area (Å²) in [4.78, 5) is 10.0. The minimum absolute atomic E-state index is 0.0296. The number of benzene rings is 1. The van der Waals surface area contributed by atoms with Crippen molar-refractivity contribution >= 4 is 21.4 Å². The Hall–Kier alpha value is -1.87. The maximum absolute atomic E-state index is 11.2. The third-order valence-electron chi connectivity index (χ3n) is 1.84. The molecule has 0 heterocycles. The maximum Gasteiger partial charge on any atom is 0.271 e. The van der Waals surface area contributed by atoms with Crippen LogP contribution in [0.5, 0.6) is 5.75 Å². The van der Waals surface area contributed by atoms with E-state index in [4.69, 9.17) is 4.74 Å². The lowest BCUT2D eigenvalue weighted by Crippen LogP contribution is -2.16. The van der Waals surface area contributed by atoms with Gasteiger partial charge in [-0.1, -0.05) is 0 Å². The molecule has 0 atom stereocenters. The van der Waals surface area contributed by atoms with Crippen LogP contribution in [-0.2, 0) is 10.0 Å². The molecule has 0 spiro atoms. The lowest BCUT2D eigenvalue weighted by Gasteiger charge is -2.11. The summed E-state index contributed by atoms with van der Waals surface area (Å²) in [7, 11) is -1.89. The second-order valence-electron chi connectivity index (χ2n) is 3.45. The van der Waals surface area contributed by atoms with Gasteiger partial charge in [-0.2, -0.15) is 0 Å². The molecule has 0 aliphatic rings. The third-order valence-corrected chi connectivity index (χ3v) is 2.43. The minimum Gasteiger partial charge on any atom is -0.476 e. The predicted octanol–water partition coefficient (Wildman–Crippen LogP) is 0.522. The molecule has 0 fully saturated rings. The molecule has 0 amide bonds. The number of hydrogen-bond donors (Lipinski definition) is 2. The molecule has 1 rings (SSSR count). The lowest BCUT2D eigenvalue weighted by molar-refractivity contribution is -0.384. The zero-order chi connectivity index (χ0) is 13.8. The van der Waals surface area contributed by atoms with E-state index in [1.807, 2.05) is 0 Å². The van der Waals surface area contributed by atoms with E-state index in [0.29, 0.717) is 0 Å². The van der Waals surface area contributed by atoms with Crippen molar-refractivity contribution in [3.8, 4) is 5.75 Å². The molecule has 0 unspecified atom stereocenters. The number of non-ortho nitro benzene ring substituents is 1. The molecule has 9 heteroatoms. The van der Waals surface area contributed by atoms with Crippen LogP contribution in [0, 0.1) is 10.1 Å². The fraction of sp³-hybridized carbons (Fsp3) is 0.333. The molecule has 1 aromatic rings. The van der Waals surface area contributed by atoms with Gasteiger partial charge in [0.1, 0.15) is 12.5 Å². The molecule has 18 heavy (non-hydrogen) atoms. The highest BCUT2D eigenvalue weighted by Crippen LogP contribution is 2.29. The van der Waals surface area contributed by atoms with Gasteiger partial charge < -0.3 is 4.74 Å². The number of sulfonamides is 1. The highest BCUT2D eigenvalue weighted by atomic mass is 32.2. The first-order valence-corrected chi connectivity index (χ1v) is 6.76. The van der Waals surface area contributed by atoms with Crippen LogP contribution in [0.4, 0.5) is 11.4 Å². The summed E-state index contributed by atoms with van der Waals surface area (Å²) in [6.07, 6.45) is 0.952. The fourth-order valence-electron chi connectivity index (χ4n) is 1.19. The average molecular weight is 275 g/mol. The van der Waals surface area contributed by atoms with Crippen LogP contribution in [0.3, 0.4) is 0 Å². The SMILES string of the molecule is CNCOc1ccc([N+](=O)[O-])cc1NS(C)(=O)=O. The molecular weight excluding hydrogens is 262 g/mol. The van der Waals surface area contributed by atoms with Gasteiger partial charge in [0.2, 0.25) is 10.0 Å². The first kappa shape index (κ1) is 14.2. The van der Waals surface area contributed by atoms with E-state index in [0.717, 1.165) is 12.3 Å². The summed E-state index contributed by atoms with van der Waals surface area (Å²) in [6.45, 7) is 0.149. The fourth-order valence-corrected chi connectivity index (χ4v) is 1.75. The van der Waals surface area contributed by atoms with Crippen molar-refractivity contribution in [1.82, 2.24) is 5.32 Å². The largest absolute Gasteiger partial charge is 0.476 e. The molecular formula is C9H13N3O5S.